The predicted molar refractivity (Wildman–Crippen MR) is 89.6 cm³/mol. The predicted octanol–water partition coefficient (Wildman–Crippen LogP) is 3.67. The van der Waals surface area contributed by atoms with E-state index < -0.39 is 0 Å². The van der Waals surface area contributed by atoms with Gasteiger partial charge in [0.25, 0.3) is 0 Å². The van der Waals surface area contributed by atoms with Gasteiger partial charge in [0.2, 0.25) is 5.91 Å². The molecule has 0 radical (unpaired) electrons. The van der Waals surface area contributed by atoms with Gasteiger partial charge in [-0.05, 0) is 59.1 Å². The van der Waals surface area contributed by atoms with Crippen LogP contribution in [0.3, 0.4) is 0 Å². The maximum atomic E-state index is 12.6. The van der Waals surface area contributed by atoms with E-state index in [4.69, 9.17) is 0 Å². The van der Waals surface area contributed by atoms with Crippen LogP contribution in [0.15, 0.2) is 12.1 Å². The Balaban J connectivity index is 1.97. The van der Waals surface area contributed by atoms with Gasteiger partial charge in [0.05, 0.1) is 6.54 Å². The van der Waals surface area contributed by atoms with Crippen LogP contribution in [-0.4, -0.2) is 40.9 Å². The highest BCUT2D eigenvalue weighted by atomic mass is 32.1. The van der Waals surface area contributed by atoms with Crippen molar-refractivity contribution in [3.8, 4) is 0 Å². The van der Waals surface area contributed by atoms with Crippen LogP contribution in [0.4, 0.5) is 0 Å². The Labute approximate surface area is 132 Å². The fraction of sp³-hybridized carbons (Fsp3) is 0.706. The summed E-state index contributed by atoms with van der Waals surface area (Å²) in [5, 5.41) is 0. The van der Waals surface area contributed by atoms with Crippen molar-refractivity contribution in [2.45, 2.75) is 65.6 Å². The number of likely N-dealkylation sites (tertiary alicyclic amines) is 1. The number of thiophene rings is 1. The van der Waals surface area contributed by atoms with Gasteiger partial charge >= 0.3 is 0 Å². The summed E-state index contributed by atoms with van der Waals surface area (Å²) in [5.41, 5.74) is 0. The fourth-order valence-electron chi connectivity index (χ4n) is 2.92. The zero-order valence-corrected chi connectivity index (χ0v) is 14.6. The van der Waals surface area contributed by atoms with Gasteiger partial charge in [0, 0.05) is 34.9 Å². The highest BCUT2D eigenvalue weighted by Crippen LogP contribution is 2.20. The van der Waals surface area contributed by atoms with Crippen LogP contribution in [0, 0.1) is 6.92 Å². The van der Waals surface area contributed by atoms with E-state index in [1.165, 1.54) is 16.2 Å². The number of nitrogens with zero attached hydrogens (tertiary/aromatic N) is 2. The van der Waals surface area contributed by atoms with Crippen molar-refractivity contribution in [3.05, 3.63) is 21.9 Å². The second-order valence-electron chi connectivity index (χ2n) is 6.44. The lowest BCUT2D eigenvalue weighted by molar-refractivity contribution is -0.136. The number of carbonyl (C=O) groups is 1. The topological polar surface area (TPSA) is 23.6 Å². The van der Waals surface area contributed by atoms with Gasteiger partial charge in [-0.15, -0.1) is 11.3 Å². The van der Waals surface area contributed by atoms with Crippen molar-refractivity contribution in [2.24, 2.45) is 0 Å². The maximum Gasteiger partial charge on any atom is 0.237 e. The summed E-state index contributed by atoms with van der Waals surface area (Å²) in [4.78, 5) is 19.7. The van der Waals surface area contributed by atoms with Crippen molar-refractivity contribution in [2.75, 3.05) is 13.1 Å². The minimum atomic E-state index is 0.296. The van der Waals surface area contributed by atoms with Gasteiger partial charge in [-0.25, -0.2) is 0 Å². The Bertz CT molecular complexity index is 469. The third-order valence-electron chi connectivity index (χ3n) is 4.35. The number of carbonyl (C=O) groups excluding carboxylic acids is 1. The van der Waals surface area contributed by atoms with Crippen LogP contribution in [0.2, 0.25) is 0 Å². The Hall–Kier alpha value is -0.870. The van der Waals surface area contributed by atoms with Crippen LogP contribution in [-0.2, 0) is 11.3 Å². The number of piperidine rings is 1. The average molecular weight is 308 g/mol. The lowest BCUT2D eigenvalue weighted by Gasteiger charge is -2.36. The fourth-order valence-corrected chi connectivity index (χ4v) is 3.84. The van der Waals surface area contributed by atoms with E-state index in [2.05, 4.69) is 49.6 Å². The Morgan fingerprint density at radius 3 is 2.76 bits per heavy atom. The molecule has 4 heteroatoms. The van der Waals surface area contributed by atoms with Crippen LogP contribution in [0.5, 0.6) is 0 Å². The average Bonchev–Trinajstić information content (AvgIpc) is 2.83. The number of rotatable bonds is 5. The van der Waals surface area contributed by atoms with Crippen molar-refractivity contribution in [1.29, 1.82) is 0 Å². The molecule has 21 heavy (non-hydrogen) atoms. The zero-order chi connectivity index (χ0) is 15.4. The van der Waals surface area contributed by atoms with Crippen LogP contribution >= 0.6 is 11.3 Å². The molecule has 1 saturated heterocycles. The van der Waals surface area contributed by atoms with Gasteiger partial charge in [0.1, 0.15) is 0 Å². The molecule has 3 nitrogen and oxygen atoms in total. The number of hydrogen-bond acceptors (Lipinski definition) is 3. The van der Waals surface area contributed by atoms with E-state index in [1.807, 2.05) is 11.3 Å². The molecule has 1 aliphatic rings. The molecule has 2 heterocycles. The van der Waals surface area contributed by atoms with Crippen LogP contribution in [0.25, 0.3) is 0 Å². The molecule has 1 unspecified atom stereocenters. The molecule has 1 fully saturated rings. The third-order valence-corrected chi connectivity index (χ3v) is 5.33. The lowest BCUT2D eigenvalue weighted by atomic mass is 10.0. The maximum absolute atomic E-state index is 12.6. The third kappa shape index (κ3) is 4.55. The van der Waals surface area contributed by atoms with Gasteiger partial charge in [0.15, 0.2) is 0 Å². The normalized spacial score (nSPS) is 19.5. The highest BCUT2D eigenvalue weighted by Gasteiger charge is 2.25. The second-order valence-corrected chi connectivity index (χ2v) is 7.82. The van der Waals surface area contributed by atoms with E-state index in [0.717, 1.165) is 25.9 Å². The molecule has 1 aromatic rings. The Morgan fingerprint density at radius 1 is 1.43 bits per heavy atom. The molecule has 118 valence electrons. The molecule has 1 aliphatic heterocycles. The van der Waals surface area contributed by atoms with E-state index in [0.29, 0.717) is 24.5 Å². The molecular formula is C17H28N2OS. The zero-order valence-electron chi connectivity index (χ0n) is 13.8. The monoisotopic (exact) mass is 308 g/mol. The summed E-state index contributed by atoms with van der Waals surface area (Å²) < 4.78 is 0. The van der Waals surface area contributed by atoms with Crippen molar-refractivity contribution < 1.29 is 4.79 Å². The molecule has 1 aromatic heterocycles. The first-order chi connectivity index (χ1) is 9.97. The summed E-state index contributed by atoms with van der Waals surface area (Å²) in [7, 11) is 0. The summed E-state index contributed by atoms with van der Waals surface area (Å²) in [6.45, 7) is 11.0. The lowest BCUT2D eigenvalue weighted by Crippen LogP contribution is -2.48. The van der Waals surface area contributed by atoms with E-state index in [9.17, 15) is 4.79 Å². The minimum Gasteiger partial charge on any atom is -0.339 e. The summed E-state index contributed by atoms with van der Waals surface area (Å²) in [6, 6.07) is 5.14. The molecule has 0 bridgehead atoms. The largest absolute Gasteiger partial charge is 0.339 e. The first kappa shape index (κ1) is 16.5. The van der Waals surface area contributed by atoms with E-state index in [-0.39, 0.29) is 0 Å². The molecule has 0 spiro atoms. The molecule has 0 aromatic carbocycles. The first-order valence-electron chi connectivity index (χ1n) is 8.06. The standard InChI is InChI=1S/C17H28N2OS/c1-13(2)18(11-16-9-8-15(4)21-16)12-17(20)19-10-6-5-7-14(19)3/h8-9,13-14H,5-7,10-12H2,1-4H3. The van der Waals surface area contributed by atoms with Crippen molar-refractivity contribution >= 4 is 17.2 Å². The van der Waals surface area contributed by atoms with Crippen molar-refractivity contribution in [3.63, 3.8) is 0 Å². The quantitative estimate of drug-likeness (QED) is 0.828. The smallest absolute Gasteiger partial charge is 0.237 e. The number of hydrogen-bond donors (Lipinski definition) is 0. The minimum absolute atomic E-state index is 0.296. The van der Waals surface area contributed by atoms with Gasteiger partial charge < -0.3 is 4.90 Å². The van der Waals surface area contributed by atoms with Crippen molar-refractivity contribution in [1.82, 2.24) is 9.80 Å². The van der Waals surface area contributed by atoms with Crippen LogP contribution < -0.4 is 0 Å². The van der Waals surface area contributed by atoms with Gasteiger partial charge in [-0.1, -0.05) is 0 Å². The SMILES string of the molecule is Cc1ccc(CN(CC(=O)N2CCCCC2C)C(C)C)s1. The van der Waals surface area contributed by atoms with E-state index >= 15 is 0 Å². The highest BCUT2D eigenvalue weighted by molar-refractivity contribution is 7.11. The van der Waals surface area contributed by atoms with Crippen LogP contribution in [0.1, 0.15) is 49.8 Å². The summed E-state index contributed by atoms with van der Waals surface area (Å²) in [5.74, 6) is 0.296. The molecule has 2 rings (SSSR count). The molecule has 0 N–H and O–H groups in total. The Kier molecular flexibility index (Phi) is 5.82. The van der Waals surface area contributed by atoms with Gasteiger partial charge in [-0.3, -0.25) is 9.69 Å². The summed E-state index contributed by atoms with van der Waals surface area (Å²) in [6.07, 6.45) is 3.56. The number of amides is 1. The van der Waals surface area contributed by atoms with E-state index in [1.54, 1.807) is 0 Å². The molecule has 0 aliphatic carbocycles. The molecule has 1 amide bonds. The molecule has 1 atom stereocenters. The number of aryl methyl sites for hydroxylation is 1. The molecular weight excluding hydrogens is 280 g/mol. The van der Waals surface area contributed by atoms with Gasteiger partial charge in [-0.2, -0.15) is 0 Å². The first-order valence-corrected chi connectivity index (χ1v) is 8.88. The molecule has 0 saturated carbocycles. The second kappa shape index (κ2) is 7.41. The summed E-state index contributed by atoms with van der Waals surface area (Å²) >= 11 is 1.83. The Morgan fingerprint density at radius 2 is 2.19 bits per heavy atom.